The van der Waals surface area contributed by atoms with Gasteiger partial charge in [-0.2, -0.15) is 4.31 Å². The molecule has 0 aromatic heterocycles. The minimum Gasteiger partial charge on any atom is -0.346 e. The molecule has 3 atom stereocenters. The molecule has 1 heterocycles. The van der Waals surface area contributed by atoms with Crippen LogP contribution >= 0.6 is 0 Å². The van der Waals surface area contributed by atoms with Gasteiger partial charge < -0.3 is 10.6 Å². The Hall–Kier alpha value is -2.71. The van der Waals surface area contributed by atoms with Crippen molar-refractivity contribution in [2.75, 3.05) is 18.4 Å². The van der Waals surface area contributed by atoms with Gasteiger partial charge in [-0.05, 0) is 61.1 Å². The summed E-state index contributed by atoms with van der Waals surface area (Å²) < 4.78 is 27.9. The van der Waals surface area contributed by atoms with Crippen LogP contribution in [0.25, 0.3) is 0 Å². The summed E-state index contributed by atoms with van der Waals surface area (Å²) in [7, 11) is -3.66. The van der Waals surface area contributed by atoms with E-state index in [1.165, 1.54) is 10.4 Å². The molecule has 0 saturated carbocycles. The molecule has 1 aliphatic rings. The highest BCUT2D eigenvalue weighted by Gasteiger charge is 2.32. The number of rotatable bonds is 7. The van der Waals surface area contributed by atoms with E-state index >= 15 is 0 Å². The lowest BCUT2D eigenvalue weighted by molar-refractivity contribution is -0.115. The lowest BCUT2D eigenvalue weighted by Gasteiger charge is -2.34. The molecule has 2 N–H and O–H groups in total. The first-order valence-corrected chi connectivity index (χ1v) is 12.8. The summed E-state index contributed by atoms with van der Waals surface area (Å²) in [6.45, 7) is 8.76. The smallest absolute Gasteiger partial charge is 0.251 e. The number of anilines is 1. The zero-order chi connectivity index (χ0) is 24.2. The molecule has 1 aliphatic heterocycles. The van der Waals surface area contributed by atoms with E-state index in [2.05, 4.69) is 24.5 Å². The highest BCUT2D eigenvalue weighted by molar-refractivity contribution is 7.89. The molecule has 2 aromatic carbocycles. The maximum absolute atomic E-state index is 13.2. The van der Waals surface area contributed by atoms with Crippen molar-refractivity contribution < 1.29 is 18.0 Å². The molecule has 33 heavy (non-hydrogen) atoms. The van der Waals surface area contributed by atoms with Crippen LogP contribution in [0.2, 0.25) is 0 Å². The van der Waals surface area contributed by atoms with Gasteiger partial charge in [0.1, 0.15) is 0 Å². The predicted octanol–water partition coefficient (Wildman–Crippen LogP) is 4.19. The van der Waals surface area contributed by atoms with Gasteiger partial charge >= 0.3 is 0 Å². The second kappa shape index (κ2) is 10.5. The molecule has 0 bridgehead atoms. The van der Waals surface area contributed by atoms with Crippen molar-refractivity contribution in [3.8, 4) is 0 Å². The summed E-state index contributed by atoms with van der Waals surface area (Å²) in [4.78, 5) is 24.5. The van der Waals surface area contributed by atoms with Crippen LogP contribution in [0.5, 0.6) is 0 Å². The highest BCUT2D eigenvalue weighted by Crippen LogP contribution is 2.27. The minimum absolute atomic E-state index is 0.0626. The van der Waals surface area contributed by atoms with Crippen LogP contribution in [0.1, 0.15) is 62.5 Å². The first-order chi connectivity index (χ1) is 15.6. The van der Waals surface area contributed by atoms with Gasteiger partial charge in [0.25, 0.3) is 5.91 Å². The average Bonchev–Trinajstić information content (AvgIpc) is 2.78. The molecule has 1 fully saturated rings. The molecule has 8 heteroatoms. The third kappa shape index (κ3) is 6.21. The molecule has 1 saturated heterocycles. The fraction of sp³-hybridized carbons (Fsp3) is 0.440. The first-order valence-electron chi connectivity index (χ1n) is 11.4. The standard InChI is InChI=1S/C25H33N3O4S/c1-5-24(29)27-22-11-9-20(10-12-22)19(4)26-25(30)21-7-6-8-23(14-21)33(31,32)28-15-17(2)13-18(3)16-28/h6-12,14,17-19H,5,13,15-16H2,1-4H3,(H,26,30)(H,27,29). The molecule has 7 nitrogen and oxygen atoms in total. The van der Waals surface area contributed by atoms with Crippen molar-refractivity contribution in [2.24, 2.45) is 11.8 Å². The zero-order valence-corrected chi connectivity index (χ0v) is 20.5. The van der Waals surface area contributed by atoms with Gasteiger partial charge in [0.05, 0.1) is 10.9 Å². The number of carbonyl (C=O) groups excluding carboxylic acids is 2. The van der Waals surface area contributed by atoms with Crippen LogP contribution in [0, 0.1) is 11.8 Å². The van der Waals surface area contributed by atoms with E-state index in [1.807, 2.05) is 19.1 Å². The lowest BCUT2D eigenvalue weighted by Crippen LogP contribution is -2.42. The molecule has 2 amide bonds. The fourth-order valence-corrected chi connectivity index (χ4v) is 5.94. The van der Waals surface area contributed by atoms with Crippen molar-refractivity contribution in [3.05, 3.63) is 59.7 Å². The van der Waals surface area contributed by atoms with Crippen LogP contribution < -0.4 is 10.6 Å². The van der Waals surface area contributed by atoms with Crippen molar-refractivity contribution >= 4 is 27.5 Å². The molecular formula is C25H33N3O4S. The predicted molar refractivity (Wildman–Crippen MR) is 129 cm³/mol. The van der Waals surface area contributed by atoms with E-state index < -0.39 is 10.0 Å². The van der Waals surface area contributed by atoms with E-state index in [-0.39, 0.29) is 22.8 Å². The number of hydrogen-bond donors (Lipinski definition) is 2. The maximum atomic E-state index is 13.2. The minimum atomic E-state index is -3.66. The number of sulfonamides is 1. The quantitative estimate of drug-likeness (QED) is 0.633. The summed E-state index contributed by atoms with van der Waals surface area (Å²) >= 11 is 0. The number of carbonyl (C=O) groups is 2. The molecule has 178 valence electrons. The van der Waals surface area contributed by atoms with E-state index in [4.69, 9.17) is 0 Å². The molecule has 2 aromatic rings. The fourth-order valence-electron chi connectivity index (χ4n) is 4.22. The van der Waals surface area contributed by atoms with Crippen molar-refractivity contribution in [1.29, 1.82) is 0 Å². The topological polar surface area (TPSA) is 95.6 Å². The van der Waals surface area contributed by atoms with Crippen LogP contribution in [-0.4, -0.2) is 37.6 Å². The Morgan fingerprint density at radius 1 is 1.06 bits per heavy atom. The Bertz CT molecular complexity index is 1090. The normalized spacial score (nSPS) is 20.1. The molecule has 0 aliphatic carbocycles. The number of nitrogens with one attached hydrogen (secondary N) is 2. The Morgan fingerprint density at radius 3 is 2.30 bits per heavy atom. The Labute approximate surface area is 196 Å². The summed E-state index contributed by atoms with van der Waals surface area (Å²) in [5.74, 6) is 0.200. The largest absolute Gasteiger partial charge is 0.346 e. The average molecular weight is 472 g/mol. The SMILES string of the molecule is CCC(=O)Nc1ccc(C(C)NC(=O)c2cccc(S(=O)(=O)N3CC(C)CC(C)C3)c2)cc1. The molecule has 0 radical (unpaired) electrons. The van der Waals surface area contributed by atoms with Gasteiger partial charge in [-0.1, -0.05) is 39.0 Å². The van der Waals surface area contributed by atoms with E-state index in [9.17, 15) is 18.0 Å². The summed E-state index contributed by atoms with van der Waals surface area (Å²) in [6, 6.07) is 13.2. The summed E-state index contributed by atoms with van der Waals surface area (Å²) in [5.41, 5.74) is 1.87. The maximum Gasteiger partial charge on any atom is 0.251 e. The Morgan fingerprint density at radius 2 is 1.70 bits per heavy atom. The van der Waals surface area contributed by atoms with Gasteiger partial charge in [-0.3, -0.25) is 9.59 Å². The van der Waals surface area contributed by atoms with Gasteiger partial charge in [0, 0.05) is 30.8 Å². The van der Waals surface area contributed by atoms with Crippen LogP contribution in [0.3, 0.4) is 0 Å². The number of nitrogens with zero attached hydrogens (tertiary/aromatic N) is 1. The molecule has 0 spiro atoms. The van der Waals surface area contributed by atoms with Crippen molar-refractivity contribution in [2.45, 2.75) is 51.5 Å². The molecule has 3 unspecified atom stereocenters. The van der Waals surface area contributed by atoms with Gasteiger partial charge in [0.2, 0.25) is 15.9 Å². The van der Waals surface area contributed by atoms with Crippen LogP contribution in [0.4, 0.5) is 5.69 Å². The van der Waals surface area contributed by atoms with E-state index in [0.717, 1.165) is 12.0 Å². The third-order valence-electron chi connectivity index (χ3n) is 5.93. The van der Waals surface area contributed by atoms with Crippen LogP contribution in [0.15, 0.2) is 53.4 Å². The molecule has 3 rings (SSSR count). The Kier molecular flexibility index (Phi) is 7.92. The van der Waals surface area contributed by atoms with Gasteiger partial charge in [-0.15, -0.1) is 0 Å². The molecular weight excluding hydrogens is 438 g/mol. The zero-order valence-electron chi connectivity index (χ0n) is 19.7. The number of piperidine rings is 1. The van der Waals surface area contributed by atoms with Crippen molar-refractivity contribution in [1.82, 2.24) is 9.62 Å². The van der Waals surface area contributed by atoms with E-state index in [1.54, 1.807) is 37.3 Å². The van der Waals surface area contributed by atoms with Crippen molar-refractivity contribution in [3.63, 3.8) is 0 Å². The van der Waals surface area contributed by atoms with Crippen LogP contribution in [-0.2, 0) is 14.8 Å². The Balaban J connectivity index is 1.71. The second-order valence-electron chi connectivity index (χ2n) is 9.01. The third-order valence-corrected chi connectivity index (χ3v) is 7.76. The highest BCUT2D eigenvalue weighted by atomic mass is 32.2. The van der Waals surface area contributed by atoms with E-state index in [0.29, 0.717) is 42.6 Å². The second-order valence-corrected chi connectivity index (χ2v) is 11.0. The summed E-state index contributed by atoms with van der Waals surface area (Å²) in [5, 5.41) is 5.71. The first kappa shape index (κ1) is 24.9. The summed E-state index contributed by atoms with van der Waals surface area (Å²) in [6.07, 6.45) is 1.41. The number of benzene rings is 2. The van der Waals surface area contributed by atoms with Gasteiger partial charge in [0.15, 0.2) is 0 Å². The van der Waals surface area contributed by atoms with Gasteiger partial charge in [-0.25, -0.2) is 8.42 Å². The number of amides is 2. The lowest BCUT2D eigenvalue weighted by atomic mass is 9.94. The monoisotopic (exact) mass is 471 g/mol. The number of hydrogen-bond acceptors (Lipinski definition) is 4.